The number of carboxylic acids is 1. The Morgan fingerprint density at radius 2 is 2.26 bits per heavy atom. The lowest BCUT2D eigenvalue weighted by molar-refractivity contribution is 0.0696. The maximum atomic E-state index is 11.0. The SMILES string of the molecule is CN1CCCC(N(C)c2ccc(C(=O)O)c(Br)c2)C1. The van der Waals surface area contributed by atoms with Gasteiger partial charge in [0.15, 0.2) is 0 Å². The van der Waals surface area contributed by atoms with Gasteiger partial charge in [0.25, 0.3) is 0 Å². The largest absolute Gasteiger partial charge is 0.478 e. The number of benzene rings is 1. The summed E-state index contributed by atoms with van der Waals surface area (Å²) in [5.41, 5.74) is 1.36. The number of anilines is 1. The highest BCUT2D eigenvalue weighted by Crippen LogP contribution is 2.26. The topological polar surface area (TPSA) is 43.8 Å². The number of hydrogen-bond acceptors (Lipinski definition) is 3. The zero-order valence-corrected chi connectivity index (χ0v) is 12.9. The van der Waals surface area contributed by atoms with Crippen LogP contribution in [-0.4, -0.2) is 49.2 Å². The standard InChI is InChI=1S/C14H19BrN2O2/c1-16-7-3-4-11(9-16)17(2)10-5-6-12(14(18)19)13(15)8-10/h5-6,8,11H,3-4,7,9H2,1-2H3,(H,18,19). The number of carbonyl (C=O) groups is 1. The Kier molecular flexibility index (Phi) is 4.47. The van der Waals surface area contributed by atoms with E-state index in [1.165, 1.54) is 12.8 Å². The van der Waals surface area contributed by atoms with Crippen LogP contribution in [0.5, 0.6) is 0 Å². The van der Waals surface area contributed by atoms with E-state index in [2.05, 4.69) is 39.8 Å². The van der Waals surface area contributed by atoms with E-state index in [4.69, 9.17) is 5.11 Å². The molecule has 5 heteroatoms. The Balaban J connectivity index is 2.17. The second-order valence-corrected chi connectivity index (χ2v) is 5.99. The molecular weight excluding hydrogens is 308 g/mol. The summed E-state index contributed by atoms with van der Waals surface area (Å²) in [5.74, 6) is -0.904. The molecule has 19 heavy (non-hydrogen) atoms. The lowest BCUT2D eigenvalue weighted by atomic mass is 10.0. The number of piperidine rings is 1. The van der Waals surface area contributed by atoms with Crippen LogP contribution in [0, 0.1) is 0 Å². The average molecular weight is 327 g/mol. The van der Waals surface area contributed by atoms with E-state index < -0.39 is 5.97 Å². The molecule has 0 amide bonds. The first kappa shape index (κ1) is 14.3. The molecule has 1 N–H and O–H groups in total. The Morgan fingerprint density at radius 1 is 1.53 bits per heavy atom. The Labute approximate surface area is 122 Å². The number of nitrogens with zero attached hydrogens (tertiary/aromatic N) is 2. The molecular formula is C14H19BrN2O2. The van der Waals surface area contributed by atoms with Crippen molar-refractivity contribution in [3.8, 4) is 0 Å². The quantitative estimate of drug-likeness (QED) is 0.927. The number of rotatable bonds is 3. The number of hydrogen-bond donors (Lipinski definition) is 1. The van der Waals surface area contributed by atoms with Gasteiger partial charge in [-0.2, -0.15) is 0 Å². The number of halogens is 1. The zero-order valence-electron chi connectivity index (χ0n) is 11.3. The first-order valence-corrected chi connectivity index (χ1v) is 7.22. The summed E-state index contributed by atoms with van der Waals surface area (Å²) < 4.78 is 0.633. The van der Waals surface area contributed by atoms with Crippen LogP contribution in [0.2, 0.25) is 0 Å². The van der Waals surface area contributed by atoms with Crippen LogP contribution in [-0.2, 0) is 0 Å². The van der Waals surface area contributed by atoms with Gasteiger partial charge < -0.3 is 14.9 Å². The minimum absolute atomic E-state index is 0.304. The summed E-state index contributed by atoms with van der Waals surface area (Å²) in [6.07, 6.45) is 2.39. The summed E-state index contributed by atoms with van der Waals surface area (Å²) in [6.45, 7) is 2.21. The first-order valence-electron chi connectivity index (χ1n) is 6.43. The van der Waals surface area contributed by atoms with Gasteiger partial charge in [-0.3, -0.25) is 0 Å². The third-order valence-corrected chi connectivity index (χ3v) is 4.39. The highest BCUT2D eigenvalue weighted by Gasteiger charge is 2.22. The summed E-state index contributed by atoms with van der Waals surface area (Å²) in [6, 6.07) is 5.91. The van der Waals surface area contributed by atoms with Crippen LogP contribution < -0.4 is 4.90 Å². The Bertz CT molecular complexity index is 479. The molecule has 104 valence electrons. The Morgan fingerprint density at radius 3 is 2.84 bits per heavy atom. The fourth-order valence-electron chi connectivity index (χ4n) is 2.56. The van der Waals surface area contributed by atoms with Crippen molar-refractivity contribution in [1.82, 2.24) is 4.90 Å². The molecule has 1 unspecified atom stereocenters. The van der Waals surface area contributed by atoms with Crippen LogP contribution in [0.4, 0.5) is 5.69 Å². The van der Waals surface area contributed by atoms with Gasteiger partial charge in [-0.15, -0.1) is 0 Å². The lowest BCUT2D eigenvalue weighted by Gasteiger charge is -2.37. The molecule has 0 bridgehead atoms. The fourth-order valence-corrected chi connectivity index (χ4v) is 3.10. The molecule has 0 saturated carbocycles. The smallest absolute Gasteiger partial charge is 0.336 e. The van der Waals surface area contributed by atoms with E-state index in [9.17, 15) is 4.79 Å². The van der Waals surface area contributed by atoms with Crippen molar-refractivity contribution < 1.29 is 9.90 Å². The molecule has 0 aliphatic carbocycles. The third-order valence-electron chi connectivity index (χ3n) is 3.74. The van der Waals surface area contributed by atoms with Crippen molar-refractivity contribution in [2.45, 2.75) is 18.9 Å². The molecule has 1 atom stereocenters. The van der Waals surface area contributed by atoms with Gasteiger partial charge in [0.2, 0.25) is 0 Å². The highest BCUT2D eigenvalue weighted by atomic mass is 79.9. The summed E-state index contributed by atoms with van der Waals surface area (Å²) in [5, 5.41) is 9.03. The van der Waals surface area contributed by atoms with E-state index in [0.29, 0.717) is 16.1 Å². The van der Waals surface area contributed by atoms with Crippen molar-refractivity contribution in [3.05, 3.63) is 28.2 Å². The molecule has 1 fully saturated rings. The molecule has 1 aliphatic rings. The normalized spacial score (nSPS) is 20.3. The predicted octanol–water partition coefficient (Wildman–Crippen LogP) is 2.68. The van der Waals surface area contributed by atoms with E-state index in [-0.39, 0.29) is 0 Å². The number of likely N-dealkylation sites (N-methyl/N-ethyl adjacent to an activating group) is 2. The number of carboxylic acid groups (broad SMARTS) is 1. The molecule has 0 aromatic heterocycles. The summed E-state index contributed by atoms with van der Waals surface area (Å²) >= 11 is 3.33. The van der Waals surface area contributed by atoms with Crippen molar-refractivity contribution in [1.29, 1.82) is 0 Å². The monoisotopic (exact) mass is 326 g/mol. The molecule has 1 aliphatic heterocycles. The van der Waals surface area contributed by atoms with Crippen molar-refractivity contribution in [2.75, 3.05) is 32.1 Å². The minimum Gasteiger partial charge on any atom is -0.478 e. The highest BCUT2D eigenvalue weighted by molar-refractivity contribution is 9.10. The third kappa shape index (κ3) is 3.28. The van der Waals surface area contributed by atoms with Gasteiger partial charge in [-0.05, 0) is 60.6 Å². The molecule has 2 rings (SSSR count). The van der Waals surface area contributed by atoms with E-state index in [1.807, 2.05) is 12.1 Å². The van der Waals surface area contributed by atoms with Gasteiger partial charge in [-0.1, -0.05) is 0 Å². The molecule has 4 nitrogen and oxygen atoms in total. The summed E-state index contributed by atoms with van der Waals surface area (Å²) in [7, 11) is 4.22. The van der Waals surface area contributed by atoms with Crippen LogP contribution in [0.15, 0.2) is 22.7 Å². The molecule has 1 saturated heterocycles. The van der Waals surface area contributed by atoms with Gasteiger partial charge in [-0.25, -0.2) is 4.79 Å². The van der Waals surface area contributed by atoms with Crippen LogP contribution in [0.25, 0.3) is 0 Å². The Hall–Kier alpha value is -1.07. The van der Waals surface area contributed by atoms with E-state index in [1.54, 1.807) is 6.07 Å². The lowest BCUT2D eigenvalue weighted by Crippen LogP contribution is -2.45. The van der Waals surface area contributed by atoms with E-state index >= 15 is 0 Å². The molecule has 1 heterocycles. The maximum absolute atomic E-state index is 11.0. The van der Waals surface area contributed by atoms with Crippen molar-refractivity contribution >= 4 is 27.6 Å². The van der Waals surface area contributed by atoms with Crippen LogP contribution in [0.3, 0.4) is 0 Å². The molecule has 0 radical (unpaired) electrons. The zero-order chi connectivity index (χ0) is 14.0. The second-order valence-electron chi connectivity index (χ2n) is 5.14. The number of aromatic carboxylic acids is 1. The van der Waals surface area contributed by atoms with Crippen molar-refractivity contribution in [3.63, 3.8) is 0 Å². The second kappa shape index (κ2) is 5.92. The first-order chi connectivity index (χ1) is 8.99. The maximum Gasteiger partial charge on any atom is 0.336 e. The summed E-state index contributed by atoms with van der Waals surface area (Å²) in [4.78, 5) is 15.6. The van der Waals surface area contributed by atoms with Gasteiger partial charge in [0, 0.05) is 29.8 Å². The molecule has 1 aromatic rings. The average Bonchev–Trinajstić information content (AvgIpc) is 2.37. The van der Waals surface area contributed by atoms with Crippen LogP contribution in [0.1, 0.15) is 23.2 Å². The number of likely N-dealkylation sites (tertiary alicyclic amines) is 1. The fraction of sp³-hybridized carbons (Fsp3) is 0.500. The molecule has 0 spiro atoms. The molecule has 1 aromatic carbocycles. The van der Waals surface area contributed by atoms with Gasteiger partial charge >= 0.3 is 5.97 Å². The van der Waals surface area contributed by atoms with Crippen molar-refractivity contribution in [2.24, 2.45) is 0 Å². The van der Waals surface area contributed by atoms with E-state index in [0.717, 1.165) is 18.8 Å². The minimum atomic E-state index is -0.904. The van der Waals surface area contributed by atoms with Gasteiger partial charge in [0.1, 0.15) is 0 Å². The van der Waals surface area contributed by atoms with Crippen LogP contribution >= 0.6 is 15.9 Å². The van der Waals surface area contributed by atoms with Gasteiger partial charge in [0.05, 0.1) is 5.56 Å². The predicted molar refractivity (Wildman–Crippen MR) is 80.0 cm³/mol.